The number of rotatable bonds is 12. The molecule has 0 aliphatic carbocycles. The molecule has 0 saturated carbocycles. The number of benzene rings is 1. The third-order valence-electron chi connectivity index (χ3n) is 3.51. The van der Waals surface area contributed by atoms with Gasteiger partial charge in [-0.2, -0.15) is 0 Å². The van der Waals surface area contributed by atoms with E-state index in [1.54, 1.807) is 7.11 Å². The van der Waals surface area contributed by atoms with E-state index < -0.39 is 0 Å². The van der Waals surface area contributed by atoms with E-state index in [1.165, 1.54) is 17.5 Å². The summed E-state index contributed by atoms with van der Waals surface area (Å²) in [7, 11) is 1.75. The third kappa shape index (κ3) is 7.42. The maximum absolute atomic E-state index is 5.19. The van der Waals surface area contributed by atoms with Crippen molar-refractivity contribution < 1.29 is 4.74 Å². The van der Waals surface area contributed by atoms with E-state index in [0.29, 0.717) is 0 Å². The summed E-state index contributed by atoms with van der Waals surface area (Å²) < 4.78 is 5.19. The fraction of sp³-hybridized carbons (Fsp3) is 0.556. The second-order valence-corrected chi connectivity index (χ2v) is 5.29. The molecule has 0 heterocycles. The lowest BCUT2D eigenvalue weighted by atomic mass is 10.0. The van der Waals surface area contributed by atoms with Crippen LogP contribution in [-0.2, 0) is 17.7 Å². The molecule has 1 rings (SSSR count). The van der Waals surface area contributed by atoms with Crippen LogP contribution in [0.4, 0.5) is 0 Å². The highest BCUT2D eigenvalue weighted by Crippen LogP contribution is 2.12. The lowest BCUT2D eigenvalue weighted by Crippen LogP contribution is -2.28. The largest absolute Gasteiger partial charge is 0.383 e. The minimum Gasteiger partial charge on any atom is -0.383 e. The van der Waals surface area contributed by atoms with Crippen LogP contribution in [0.2, 0.25) is 0 Å². The Balaban J connectivity index is 2.60. The van der Waals surface area contributed by atoms with Gasteiger partial charge in [-0.05, 0) is 37.1 Å². The molecule has 0 spiro atoms. The minimum absolute atomic E-state index is 0.758. The molecule has 0 aliphatic rings. The van der Waals surface area contributed by atoms with Crippen LogP contribution < -0.4 is 5.32 Å². The van der Waals surface area contributed by atoms with Crippen molar-refractivity contribution in [1.82, 2.24) is 10.2 Å². The van der Waals surface area contributed by atoms with Gasteiger partial charge in [-0.3, -0.25) is 4.90 Å². The van der Waals surface area contributed by atoms with Crippen molar-refractivity contribution in [2.45, 2.75) is 26.3 Å². The molecule has 0 fully saturated rings. The lowest BCUT2D eigenvalue weighted by Gasteiger charge is -2.22. The Morgan fingerprint density at radius 3 is 2.67 bits per heavy atom. The summed E-state index contributed by atoms with van der Waals surface area (Å²) in [4.78, 5) is 2.37. The van der Waals surface area contributed by atoms with Crippen LogP contribution in [0, 0.1) is 0 Å². The van der Waals surface area contributed by atoms with Gasteiger partial charge in [-0.25, -0.2) is 0 Å². The van der Waals surface area contributed by atoms with Gasteiger partial charge in [-0.1, -0.05) is 37.3 Å². The summed E-state index contributed by atoms with van der Waals surface area (Å²) in [5.74, 6) is 0. The first kappa shape index (κ1) is 17.9. The summed E-state index contributed by atoms with van der Waals surface area (Å²) >= 11 is 0. The first-order valence-corrected chi connectivity index (χ1v) is 7.91. The Morgan fingerprint density at radius 2 is 2.00 bits per heavy atom. The summed E-state index contributed by atoms with van der Waals surface area (Å²) in [6.07, 6.45) is 4.23. The highest BCUT2D eigenvalue weighted by atomic mass is 16.5. The number of ether oxygens (including phenoxy) is 1. The highest BCUT2D eigenvalue weighted by molar-refractivity contribution is 5.27. The molecular formula is C18H30N2O. The fourth-order valence-electron chi connectivity index (χ4n) is 2.36. The van der Waals surface area contributed by atoms with Crippen LogP contribution in [0.1, 0.15) is 24.5 Å². The van der Waals surface area contributed by atoms with Crippen LogP contribution in [-0.4, -0.2) is 44.8 Å². The van der Waals surface area contributed by atoms with Crippen molar-refractivity contribution in [3.05, 3.63) is 48.0 Å². The lowest BCUT2D eigenvalue weighted by molar-refractivity contribution is 0.151. The van der Waals surface area contributed by atoms with Gasteiger partial charge >= 0.3 is 0 Å². The molecular weight excluding hydrogens is 260 g/mol. The van der Waals surface area contributed by atoms with Gasteiger partial charge in [0, 0.05) is 26.7 Å². The van der Waals surface area contributed by atoms with Gasteiger partial charge in [0.05, 0.1) is 6.61 Å². The van der Waals surface area contributed by atoms with E-state index in [2.05, 4.69) is 48.0 Å². The summed E-state index contributed by atoms with van der Waals surface area (Å²) in [6.45, 7) is 11.7. The molecule has 0 bridgehead atoms. The third-order valence-corrected chi connectivity index (χ3v) is 3.51. The molecule has 0 unspecified atom stereocenters. The molecule has 21 heavy (non-hydrogen) atoms. The minimum atomic E-state index is 0.758. The van der Waals surface area contributed by atoms with Gasteiger partial charge in [0.25, 0.3) is 0 Å². The Kier molecular flexibility index (Phi) is 9.79. The van der Waals surface area contributed by atoms with Gasteiger partial charge in [-0.15, -0.1) is 6.58 Å². The van der Waals surface area contributed by atoms with E-state index in [1.807, 2.05) is 6.08 Å². The predicted molar refractivity (Wildman–Crippen MR) is 90.7 cm³/mol. The molecule has 0 aliphatic heterocycles. The molecule has 3 heteroatoms. The molecule has 0 saturated heterocycles. The van der Waals surface area contributed by atoms with Crippen molar-refractivity contribution in [1.29, 1.82) is 0 Å². The summed E-state index contributed by atoms with van der Waals surface area (Å²) in [6, 6.07) is 8.73. The van der Waals surface area contributed by atoms with Crippen LogP contribution in [0.3, 0.4) is 0 Å². The molecule has 0 radical (unpaired) electrons. The van der Waals surface area contributed by atoms with E-state index in [4.69, 9.17) is 4.74 Å². The second kappa shape index (κ2) is 11.5. The maximum atomic E-state index is 5.19. The quantitative estimate of drug-likeness (QED) is 0.473. The molecule has 0 amide bonds. The Labute approximate surface area is 130 Å². The van der Waals surface area contributed by atoms with E-state index in [0.717, 1.165) is 45.8 Å². The highest BCUT2D eigenvalue weighted by Gasteiger charge is 2.07. The maximum Gasteiger partial charge on any atom is 0.0589 e. The van der Waals surface area contributed by atoms with E-state index >= 15 is 0 Å². The summed E-state index contributed by atoms with van der Waals surface area (Å²) in [5.41, 5.74) is 2.85. The fourth-order valence-corrected chi connectivity index (χ4v) is 2.36. The monoisotopic (exact) mass is 290 g/mol. The zero-order valence-electron chi connectivity index (χ0n) is 13.6. The van der Waals surface area contributed by atoms with Gasteiger partial charge in [0.1, 0.15) is 0 Å². The molecule has 1 N–H and O–H groups in total. The number of methoxy groups -OCH3 is 1. The zero-order chi connectivity index (χ0) is 15.3. The van der Waals surface area contributed by atoms with Crippen LogP contribution in [0.5, 0.6) is 0 Å². The van der Waals surface area contributed by atoms with Crippen LogP contribution >= 0.6 is 0 Å². The Hall–Kier alpha value is -1.16. The Bertz CT molecular complexity index is 393. The molecule has 118 valence electrons. The smallest absolute Gasteiger partial charge is 0.0589 e. The zero-order valence-corrected chi connectivity index (χ0v) is 13.6. The predicted octanol–water partition coefficient (Wildman–Crippen LogP) is 2.86. The average Bonchev–Trinajstić information content (AvgIpc) is 2.51. The molecule has 1 aromatic carbocycles. The van der Waals surface area contributed by atoms with Crippen molar-refractivity contribution in [3.63, 3.8) is 0 Å². The molecule has 1 aromatic rings. The van der Waals surface area contributed by atoms with Crippen molar-refractivity contribution in [2.24, 2.45) is 0 Å². The van der Waals surface area contributed by atoms with Crippen LogP contribution in [0.25, 0.3) is 0 Å². The second-order valence-electron chi connectivity index (χ2n) is 5.29. The standard InChI is InChI=1S/C18H30N2O/c1-4-11-19-12-10-17-8-6-7-9-18(17)16-20(13-5-2)14-15-21-3/h5-9,19H,2,4,10-16H2,1,3H3. The first-order chi connectivity index (χ1) is 10.3. The number of nitrogens with zero attached hydrogens (tertiary/aromatic N) is 1. The molecule has 0 aromatic heterocycles. The number of hydrogen-bond donors (Lipinski definition) is 1. The normalized spacial score (nSPS) is 11.0. The van der Waals surface area contributed by atoms with Crippen molar-refractivity contribution in [3.8, 4) is 0 Å². The van der Waals surface area contributed by atoms with Gasteiger partial charge in [0.15, 0.2) is 0 Å². The summed E-state index contributed by atoms with van der Waals surface area (Å²) in [5, 5.41) is 3.47. The van der Waals surface area contributed by atoms with Crippen LogP contribution in [0.15, 0.2) is 36.9 Å². The number of nitrogens with one attached hydrogen (secondary N) is 1. The Morgan fingerprint density at radius 1 is 1.24 bits per heavy atom. The average molecular weight is 290 g/mol. The number of hydrogen-bond acceptors (Lipinski definition) is 3. The van der Waals surface area contributed by atoms with Crippen molar-refractivity contribution >= 4 is 0 Å². The van der Waals surface area contributed by atoms with Crippen molar-refractivity contribution in [2.75, 3.05) is 39.9 Å². The van der Waals surface area contributed by atoms with Gasteiger partial charge < -0.3 is 10.1 Å². The first-order valence-electron chi connectivity index (χ1n) is 7.91. The molecule has 3 nitrogen and oxygen atoms in total. The molecule has 0 atom stereocenters. The van der Waals surface area contributed by atoms with E-state index in [-0.39, 0.29) is 0 Å². The SMILES string of the molecule is C=CCN(CCOC)Cc1ccccc1CCNCCC. The van der Waals surface area contributed by atoms with Gasteiger partial charge in [0.2, 0.25) is 0 Å². The topological polar surface area (TPSA) is 24.5 Å². The van der Waals surface area contributed by atoms with E-state index in [9.17, 15) is 0 Å².